The van der Waals surface area contributed by atoms with Crippen molar-refractivity contribution in [1.82, 2.24) is 10.2 Å². The lowest BCUT2D eigenvalue weighted by Crippen LogP contribution is -1.95. The van der Waals surface area contributed by atoms with Gasteiger partial charge < -0.3 is 5.32 Å². The van der Waals surface area contributed by atoms with Gasteiger partial charge in [-0.2, -0.15) is 10.4 Å². The second-order valence-electron chi connectivity index (χ2n) is 2.75. The minimum atomic E-state index is 0.721. The Morgan fingerprint density at radius 3 is 3.21 bits per heavy atom. The largest absolute Gasteiger partial charge is 0.378 e. The molecule has 0 amide bonds. The van der Waals surface area contributed by atoms with E-state index in [2.05, 4.69) is 21.6 Å². The molecule has 0 aliphatic carbocycles. The summed E-state index contributed by atoms with van der Waals surface area (Å²) in [5.74, 6) is 0. The fourth-order valence-corrected chi connectivity index (χ4v) is 1.82. The fraction of sp³-hybridized carbons (Fsp3) is 0.111. The maximum absolute atomic E-state index is 8.62. The highest BCUT2D eigenvalue weighted by Gasteiger charge is 1.99. The molecule has 0 unspecified atom stereocenters. The molecule has 14 heavy (non-hydrogen) atoms. The zero-order valence-electron chi connectivity index (χ0n) is 7.32. The summed E-state index contributed by atoms with van der Waals surface area (Å²) in [6.07, 6.45) is 3.51. The van der Waals surface area contributed by atoms with Crippen molar-refractivity contribution in [3.05, 3.63) is 34.3 Å². The Labute approximate surface area is 85.2 Å². The number of anilines is 1. The first-order valence-corrected chi connectivity index (χ1v) is 4.96. The summed E-state index contributed by atoms with van der Waals surface area (Å²) >= 11 is 1.58. The van der Waals surface area contributed by atoms with Crippen molar-refractivity contribution >= 4 is 17.0 Å². The summed E-state index contributed by atoms with van der Waals surface area (Å²) in [6, 6.07) is 3.99. The molecule has 0 aliphatic rings. The van der Waals surface area contributed by atoms with Crippen LogP contribution in [-0.4, -0.2) is 10.2 Å². The maximum atomic E-state index is 8.62. The first-order chi connectivity index (χ1) is 6.88. The number of nitrogens with zero attached hydrogens (tertiary/aromatic N) is 2. The highest BCUT2D eigenvalue weighted by molar-refractivity contribution is 7.10. The topological polar surface area (TPSA) is 64.5 Å². The lowest BCUT2D eigenvalue weighted by atomic mass is 10.3. The van der Waals surface area contributed by atoms with E-state index >= 15 is 0 Å². The van der Waals surface area contributed by atoms with Crippen LogP contribution in [0.4, 0.5) is 5.69 Å². The molecular formula is C9H8N4S. The Morgan fingerprint density at radius 1 is 1.64 bits per heavy atom. The van der Waals surface area contributed by atoms with Gasteiger partial charge in [-0.1, -0.05) is 0 Å². The number of nitrogens with one attached hydrogen (secondary N) is 2. The first-order valence-electron chi connectivity index (χ1n) is 4.08. The van der Waals surface area contributed by atoms with Gasteiger partial charge in [-0.05, 0) is 6.07 Å². The van der Waals surface area contributed by atoms with Crippen molar-refractivity contribution in [2.45, 2.75) is 6.54 Å². The standard InChI is InChI=1S/C9H8N4S/c10-2-7-1-9(14-6-7)5-11-8-3-12-13-4-8/h1,3-4,6,11H,5H2,(H,12,13). The minimum Gasteiger partial charge on any atom is -0.378 e. The number of hydrogen-bond acceptors (Lipinski definition) is 4. The van der Waals surface area contributed by atoms with Gasteiger partial charge in [0.1, 0.15) is 6.07 Å². The zero-order valence-corrected chi connectivity index (χ0v) is 8.14. The number of hydrogen-bond donors (Lipinski definition) is 2. The first kappa shape index (κ1) is 8.78. The normalized spacial score (nSPS) is 9.64. The number of aromatic amines is 1. The van der Waals surface area contributed by atoms with Gasteiger partial charge in [-0.25, -0.2) is 0 Å². The van der Waals surface area contributed by atoms with Crippen LogP contribution in [0.3, 0.4) is 0 Å². The summed E-state index contributed by atoms with van der Waals surface area (Å²) in [4.78, 5) is 1.14. The molecule has 70 valence electrons. The molecule has 2 aromatic rings. The number of H-pyrrole nitrogens is 1. The lowest BCUT2D eigenvalue weighted by molar-refractivity contribution is 1.09. The predicted molar refractivity (Wildman–Crippen MR) is 54.9 cm³/mol. The van der Waals surface area contributed by atoms with Crippen molar-refractivity contribution in [1.29, 1.82) is 5.26 Å². The second-order valence-corrected chi connectivity index (χ2v) is 3.75. The summed E-state index contributed by atoms with van der Waals surface area (Å²) in [5.41, 5.74) is 1.68. The zero-order chi connectivity index (χ0) is 9.80. The molecule has 2 N–H and O–H groups in total. The third-order valence-corrected chi connectivity index (χ3v) is 2.68. The Kier molecular flexibility index (Phi) is 2.47. The molecule has 0 spiro atoms. The maximum Gasteiger partial charge on any atom is 0.100 e. The van der Waals surface area contributed by atoms with Crippen LogP contribution in [0.15, 0.2) is 23.8 Å². The van der Waals surface area contributed by atoms with Gasteiger partial charge in [0.25, 0.3) is 0 Å². The van der Waals surface area contributed by atoms with E-state index in [-0.39, 0.29) is 0 Å². The molecule has 0 fully saturated rings. The Morgan fingerprint density at radius 2 is 2.57 bits per heavy atom. The molecule has 0 saturated carbocycles. The molecule has 5 heteroatoms. The number of nitriles is 1. The summed E-state index contributed by atoms with van der Waals surface area (Å²) < 4.78 is 0. The number of thiophene rings is 1. The molecule has 0 radical (unpaired) electrons. The average Bonchev–Trinajstić information content (AvgIpc) is 2.86. The third kappa shape index (κ3) is 1.92. The van der Waals surface area contributed by atoms with E-state index in [1.54, 1.807) is 23.7 Å². The van der Waals surface area contributed by atoms with E-state index in [0.717, 1.165) is 22.7 Å². The van der Waals surface area contributed by atoms with Crippen LogP contribution in [0.1, 0.15) is 10.4 Å². The summed E-state index contributed by atoms with van der Waals surface area (Å²) in [5, 5.41) is 20.2. The second kappa shape index (κ2) is 3.94. The van der Waals surface area contributed by atoms with Gasteiger partial charge in [0.15, 0.2) is 0 Å². The van der Waals surface area contributed by atoms with Crippen LogP contribution in [0.5, 0.6) is 0 Å². The molecule has 0 aromatic carbocycles. The van der Waals surface area contributed by atoms with Crippen molar-refractivity contribution in [2.75, 3.05) is 5.32 Å². The van der Waals surface area contributed by atoms with Crippen molar-refractivity contribution in [2.24, 2.45) is 0 Å². The smallest absolute Gasteiger partial charge is 0.100 e. The molecule has 4 nitrogen and oxygen atoms in total. The van der Waals surface area contributed by atoms with Gasteiger partial charge in [-0.3, -0.25) is 5.10 Å². The van der Waals surface area contributed by atoms with Gasteiger partial charge in [0, 0.05) is 23.0 Å². The Bertz CT molecular complexity index is 438. The molecule has 0 saturated heterocycles. The van der Waals surface area contributed by atoms with Crippen molar-refractivity contribution in [3.8, 4) is 6.07 Å². The summed E-state index contributed by atoms with van der Waals surface area (Å²) in [6.45, 7) is 0.728. The van der Waals surface area contributed by atoms with Gasteiger partial charge in [0.05, 0.1) is 17.4 Å². The van der Waals surface area contributed by atoms with E-state index < -0.39 is 0 Å². The molecular weight excluding hydrogens is 196 g/mol. The molecule has 0 atom stereocenters. The number of aromatic nitrogens is 2. The van der Waals surface area contributed by atoms with Crippen LogP contribution in [0.25, 0.3) is 0 Å². The molecule has 2 rings (SSSR count). The highest BCUT2D eigenvalue weighted by Crippen LogP contribution is 2.15. The van der Waals surface area contributed by atoms with Crippen molar-refractivity contribution in [3.63, 3.8) is 0 Å². The van der Waals surface area contributed by atoms with E-state index in [4.69, 9.17) is 5.26 Å². The van der Waals surface area contributed by atoms with Crippen LogP contribution < -0.4 is 5.32 Å². The SMILES string of the molecule is N#Cc1csc(CNc2cn[nH]c2)c1. The van der Waals surface area contributed by atoms with E-state index in [1.807, 2.05) is 11.4 Å². The monoisotopic (exact) mass is 204 g/mol. The van der Waals surface area contributed by atoms with E-state index in [1.165, 1.54) is 0 Å². The Hall–Kier alpha value is -1.80. The van der Waals surface area contributed by atoms with E-state index in [9.17, 15) is 0 Å². The quantitative estimate of drug-likeness (QED) is 0.803. The Balaban J connectivity index is 1.96. The fourth-order valence-electron chi connectivity index (χ4n) is 1.07. The van der Waals surface area contributed by atoms with Gasteiger partial charge in [0.2, 0.25) is 0 Å². The summed E-state index contributed by atoms with van der Waals surface area (Å²) in [7, 11) is 0. The van der Waals surface area contributed by atoms with Crippen LogP contribution in [-0.2, 0) is 6.54 Å². The highest BCUT2D eigenvalue weighted by atomic mass is 32.1. The van der Waals surface area contributed by atoms with Crippen LogP contribution in [0, 0.1) is 11.3 Å². The molecule has 0 aliphatic heterocycles. The lowest BCUT2D eigenvalue weighted by Gasteiger charge is -1.98. The van der Waals surface area contributed by atoms with E-state index in [0.29, 0.717) is 0 Å². The van der Waals surface area contributed by atoms with Crippen molar-refractivity contribution < 1.29 is 0 Å². The molecule has 0 bridgehead atoms. The van der Waals surface area contributed by atoms with Crippen LogP contribution >= 0.6 is 11.3 Å². The average molecular weight is 204 g/mol. The van der Waals surface area contributed by atoms with Crippen LogP contribution in [0.2, 0.25) is 0 Å². The third-order valence-electron chi connectivity index (χ3n) is 1.75. The number of rotatable bonds is 3. The molecule has 2 heterocycles. The predicted octanol–water partition coefficient (Wildman–Crippen LogP) is 1.95. The minimum absolute atomic E-state index is 0.721. The molecule has 2 aromatic heterocycles. The van der Waals surface area contributed by atoms with Gasteiger partial charge >= 0.3 is 0 Å². The van der Waals surface area contributed by atoms with Gasteiger partial charge in [-0.15, -0.1) is 11.3 Å².